The van der Waals surface area contributed by atoms with E-state index in [4.69, 9.17) is 5.11 Å². The van der Waals surface area contributed by atoms with Gasteiger partial charge in [-0.3, -0.25) is 0 Å². The van der Waals surface area contributed by atoms with E-state index in [1.807, 2.05) is 32.1 Å². The molecular formula is C7H12O. The summed E-state index contributed by atoms with van der Waals surface area (Å²) in [6.45, 7) is 3.99. The molecule has 0 atom stereocenters. The van der Waals surface area contributed by atoms with Crippen LogP contribution in [0.2, 0.25) is 0 Å². The monoisotopic (exact) mass is 112 g/mol. The highest BCUT2D eigenvalue weighted by Crippen LogP contribution is 1.88. The first-order chi connectivity index (χ1) is 3.81. The number of aliphatic hydroxyl groups excluding tert-OH is 1. The van der Waals surface area contributed by atoms with Gasteiger partial charge in [0, 0.05) is 0 Å². The van der Waals surface area contributed by atoms with Crippen molar-refractivity contribution in [1.29, 1.82) is 0 Å². The summed E-state index contributed by atoms with van der Waals surface area (Å²) in [7, 11) is 0. The Morgan fingerprint density at radius 1 is 1.62 bits per heavy atom. The quantitative estimate of drug-likeness (QED) is 0.537. The van der Waals surface area contributed by atoms with Crippen molar-refractivity contribution in [1.82, 2.24) is 0 Å². The number of hydrogen-bond acceptors (Lipinski definition) is 1. The Kier molecular flexibility index (Phi) is 4.27. The third-order valence-corrected chi connectivity index (χ3v) is 0.823. The van der Waals surface area contributed by atoms with Gasteiger partial charge in [-0.2, -0.15) is 0 Å². The number of allylic oxidation sites excluding steroid dienone is 3. The van der Waals surface area contributed by atoms with Crippen molar-refractivity contribution in [2.75, 3.05) is 6.61 Å². The predicted molar refractivity (Wildman–Crippen MR) is 35.7 cm³/mol. The van der Waals surface area contributed by atoms with Crippen LogP contribution in [0.1, 0.15) is 13.8 Å². The van der Waals surface area contributed by atoms with E-state index in [9.17, 15) is 0 Å². The molecule has 1 heteroatoms. The zero-order chi connectivity index (χ0) is 6.41. The second kappa shape index (κ2) is 4.60. The van der Waals surface area contributed by atoms with Gasteiger partial charge in [-0.1, -0.05) is 18.2 Å². The third kappa shape index (κ3) is 3.62. The van der Waals surface area contributed by atoms with Crippen LogP contribution < -0.4 is 0 Å². The van der Waals surface area contributed by atoms with Crippen molar-refractivity contribution < 1.29 is 5.11 Å². The summed E-state index contributed by atoms with van der Waals surface area (Å²) in [5, 5.41) is 8.46. The largest absolute Gasteiger partial charge is 0.392 e. The van der Waals surface area contributed by atoms with Gasteiger partial charge in [-0.25, -0.2) is 0 Å². The lowest BCUT2D eigenvalue weighted by Crippen LogP contribution is -1.80. The Morgan fingerprint density at radius 2 is 2.25 bits per heavy atom. The first-order valence-corrected chi connectivity index (χ1v) is 2.70. The zero-order valence-electron chi connectivity index (χ0n) is 5.39. The Morgan fingerprint density at radius 3 is 2.62 bits per heavy atom. The highest BCUT2D eigenvalue weighted by Gasteiger charge is 1.76. The molecule has 0 aliphatic carbocycles. The maximum Gasteiger partial charge on any atom is 0.0642 e. The van der Waals surface area contributed by atoms with E-state index < -0.39 is 0 Å². The Labute approximate surface area is 50.3 Å². The van der Waals surface area contributed by atoms with E-state index in [1.54, 1.807) is 0 Å². The average Bonchev–Trinajstić information content (AvgIpc) is 1.83. The summed E-state index contributed by atoms with van der Waals surface area (Å²) in [5.41, 5.74) is 0.989. The zero-order valence-corrected chi connectivity index (χ0v) is 5.39. The topological polar surface area (TPSA) is 20.2 Å². The Bertz CT molecular complexity index is 101. The van der Waals surface area contributed by atoms with Crippen LogP contribution >= 0.6 is 0 Å². The fourth-order valence-corrected chi connectivity index (χ4v) is 0.313. The Hall–Kier alpha value is -0.560. The second-order valence-electron chi connectivity index (χ2n) is 1.70. The molecule has 0 heterocycles. The number of rotatable bonds is 2. The van der Waals surface area contributed by atoms with E-state index in [1.165, 1.54) is 0 Å². The molecule has 0 fully saturated rings. The van der Waals surface area contributed by atoms with Crippen molar-refractivity contribution in [3.63, 3.8) is 0 Å². The van der Waals surface area contributed by atoms with Crippen LogP contribution in [-0.4, -0.2) is 11.7 Å². The fraction of sp³-hybridized carbons (Fsp3) is 0.429. The van der Waals surface area contributed by atoms with Crippen molar-refractivity contribution in [2.24, 2.45) is 0 Å². The SMILES string of the molecule is C/C=C\C=C(/C)CO. The minimum atomic E-state index is 0.157. The molecule has 0 aliphatic rings. The molecule has 0 amide bonds. The molecule has 0 spiro atoms. The van der Waals surface area contributed by atoms with Crippen molar-refractivity contribution in [3.8, 4) is 0 Å². The Balaban J connectivity index is 3.57. The molecule has 0 aliphatic heterocycles. The molecule has 0 aromatic carbocycles. The van der Waals surface area contributed by atoms with Crippen molar-refractivity contribution >= 4 is 0 Å². The van der Waals surface area contributed by atoms with Gasteiger partial charge in [-0.05, 0) is 19.4 Å². The van der Waals surface area contributed by atoms with Gasteiger partial charge in [0.05, 0.1) is 6.61 Å². The van der Waals surface area contributed by atoms with Crippen LogP contribution in [-0.2, 0) is 0 Å². The van der Waals surface area contributed by atoms with E-state index in [2.05, 4.69) is 0 Å². The molecule has 0 aromatic heterocycles. The summed E-state index contributed by atoms with van der Waals surface area (Å²) in [6.07, 6.45) is 5.73. The van der Waals surface area contributed by atoms with Gasteiger partial charge < -0.3 is 5.11 Å². The molecule has 0 saturated heterocycles. The van der Waals surface area contributed by atoms with E-state index in [0.29, 0.717) is 0 Å². The van der Waals surface area contributed by atoms with Gasteiger partial charge >= 0.3 is 0 Å². The van der Waals surface area contributed by atoms with Gasteiger partial charge in [-0.15, -0.1) is 0 Å². The highest BCUT2D eigenvalue weighted by atomic mass is 16.3. The van der Waals surface area contributed by atoms with Crippen molar-refractivity contribution in [3.05, 3.63) is 23.8 Å². The first-order valence-electron chi connectivity index (χ1n) is 2.70. The van der Waals surface area contributed by atoms with Crippen LogP contribution in [0.3, 0.4) is 0 Å². The molecule has 46 valence electrons. The van der Waals surface area contributed by atoms with Crippen molar-refractivity contribution in [2.45, 2.75) is 13.8 Å². The van der Waals surface area contributed by atoms with Crippen LogP contribution in [0, 0.1) is 0 Å². The lowest BCUT2D eigenvalue weighted by molar-refractivity contribution is 0.331. The molecule has 0 radical (unpaired) electrons. The van der Waals surface area contributed by atoms with E-state index in [0.717, 1.165) is 5.57 Å². The molecule has 0 unspecified atom stereocenters. The van der Waals surface area contributed by atoms with Crippen LogP contribution in [0.4, 0.5) is 0 Å². The van der Waals surface area contributed by atoms with E-state index >= 15 is 0 Å². The average molecular weight is 112 g/mol. The lowest BCUT2D eigenvalue weighted by atomic mass is 10.3. The summed E-state index contributed by atoms with van der Waals surface area (Å²) in [6, 6.07) is 0. The summed E-state index contributed by atoms with van der Waals surface area (Å²) < 4.78 is 0. The number of aliphatic hydroxyl groups is 1. The van der Waals surface area contributed by atoms with Gasteiger partial charge in [0.2, 0.25) is 0 Å². The normalized spacial score (nSPS) is 13.1. The highest BCUT2D eigenvalue weighted by molar-refractivity contribution is 5.09. The summed E-state index contributed by atoms with van der Waals surface area (Å²) >= 11 is 0. The van der Waals surface area contributed by atoms with Crippen LogP contribution in [0.5, 0.6) is 0 Å². The molecule has 0 aromatic rings. The van der Waals surface area contributed by atoms with Gasteiger partial charge in [0.15, 0.2) is 0 Å². The minimum absolute atomic E-state index is 0.157. The fourth-order valence-electron chi connectivity index (χ4n) is 0.313. The van der Waals surface area contributed by atoms with Gasteiger partial charge in [0.1, 0.15) is 0 Å². The maximum atomic E-state index is 8.46. The minimum Gasteiger partial charge on any atom is -0.392 e. The lowest BCUT2D eigenvalue weighted by Gasteiger charge is -1.86. The van der Waals surface area contributed by atoms with E-state index in [-0.39, 0.29) is 6.61 Å². The third-order valence-electron chi connectivity index (χ3n) is 0.823. The molecule has 0 saturated carbocycles. The predicted octanol–water partition coefficient (Wildman–Crippen LogP) is 1.50. The molecule has 1 N–H and O–H groups in total. The summed E-state index contributed by atoms with van der Waals surface area (Å²) in [4.78, 5) is 0. The molecule has 0 bridgehead atoms. The molecule has 0 rings (SSSR count). The molecular weight excluding hydrogens is 100 g/mol. The van der Waals surface area contributed by atoms with Gasteiger partial charge in [0.25, 0.3) is 0 Å². The van der Waals surface area contributed by atoms with Crippen LogP contribution in [0.15, 0.2) is 23.8 Å². The molecule has 1 nitrogen and oxygen atoms in total. The van der Waals surface area contributed by atoms with Crippen LogP contribution in [0.25, 0.3) is 0 Å². The maximum absolute atomic E-state index is 8.46. The second-order valence-corrected chi connectivity index (χ2v) is 1.70. The molecule has 8 heavy (non-hydrogen) atoms. The number of hydrogen-bond donors (Lipinski definition) is 1. The smallest absolute Gasteiger partial charge is 0.0642 e. The summed E-state index contributed by atoms with van der Waals surface area (Å²) in [5.74, 6) is 0. The first kappa shape index (κ1) is 7.44. The standard InChI is InChI=1S/C7H12O/c1-3-4-5-7(2)6-8/h3-5,8H,6H2,1-2H3/b4-3-,7-5+.